The van der Waals surface area contributed by atoms with E-state index in [2.05, 4.69) is 19.2 Å². The van der Waals surface area contributed by atoms with Crippen LogP contribution in [-0.4, -0.2) is 27.2 Å². The van der Waals surface area contributed by atoms with Crippen molar-refractivity contribution in [2.24, 2.45) is 0 Å². The van der Waals surface area contributed by atoms with Crippen molar-refractivity contribution in [2.75, 3.05) is 32.1 Å². The van der Waals surface area contributed by atoms with Gasteiger partial charge in [0, 0.05) is 25.7 Å². The van der Waals surface area contributed by atoms with Crippen molar-refractivity contribution >= 4 is 17.9 Å². The summed E-state index contributed by atoms with van der Waals surface area (Å²) < 4.78 is 0.524. The molecule has 84 valence electrons. The molecule has 0 radical (unpaired) electrons. The van der Waals surface area contributed by atoms with Crippen LogP contribution in [0.4, 0.5) is 5.69 Å². The van der Waals surface area contributed by atoms with Crippen LogP contribution in [0.3, 0.4) is 0 Å². The lowest BCUT2D eigenvalue weighted by Crippen LogP contribution is -2.34. The van der Waals surface area contributed by atoms with Crippen LogP contribution >= 0.6 is 12.2 Å². The monoisotopic (exact) mass is 226 g/mol. The smallest absolute Gasteiger partial charge is 0.220 e. The molecule has 15 heavy (non-hydrogen) atoms. The number of nitrogens with zero attached hydrogens (tertiary/aromatic N) is 1. The first kappa shape index (κ1) is 12.3. The number of hydrogen-bond acceptors (Lipinski definition) is 4. The zero-order valence-corrected chi connectivity index (χ0v) is 10.6. The van der Waals surface area contributed by atoms with Gasteiger partial charge in [-0.3, -0.25) is 4.79 Å². The number of rotatable bonds is 5. The topological polar surface area (TPSA) is 32.3 Å². The van der Waals surface area contributed by atoms with Gasteiger partial charge in [-0.05, 0) is 13.0 Å². The molecule has 0 amide bonds. The molecule has 0 saturated heterocycles. The summed E-state index contributed by atoms with van der Waals surface area (Å²) in [7, 11) is 3.84. The Kier molecular flexibility index (Phi) is 3.99. The zero-order chi connectivity index (χ0) is 11.6. The Bertz CT molecular complexity index is 405. The minimum atomic E-state index is 0.0345. The van der Waals surface area contributed by atoms with Gasteiger partial charge >= 0.3 is 0 Å². The fourth-order valence-corrected chi connectivity index (χ4v) is 2.13. The molecule has 1 rings (SSSR count). The number of anilines is 1. The molecule has 4 heteroatoms. The Labute approximate surface area is 95.8 Å². The van der Waals surface area contributed by atoms with E-state index in [1.807, 2.05) is 19.0 Å². The van der Waals surface area contributed by atoms with Crippen molar-refractivity contribution in [1.82, 2.24) is 5.32 Å². The average Bonchev–Trinajstić information content (AvgIpc) is 2.20. The van der Waals surface area contributed by atoms with Gasteiger partial charge in [0.05, 0.1) is 10.2 Å². The lowest BCUT2D eigenvalue weighted by atomic mass is 9.96. The molecule has 0 atom stereocenters. The summed E-state index contributed by atoms with van der Waals surface area (Å²) >= 11 is 5.06. The van der Waals surface area contributed by atoms with E-state index in [9.17, 15) is 4.79 Å². The summed E-state index contributed by atoms with van der Waals surface area (Å²) in [4.78, 5) is 13.6. The maximum atomic E-state index is 11.6. The van der Waals surface area contributed by atoms with Crippen LogP contribution in [0.1, 0.15) is 25.3 Å². The van der Waals surface area contributed by atoms with Crippen molar-refractivity contribution in [2.45, 2.75) is 19.8 Å². The molecule has 0 bridgehead atoms. The normalized spacial score (nSPS) is 11.3. The standard InChI is InChI=1S/C11H18N2OS/c1-7(2)8-9(10(14)11(8)15)13(4)6-5-12-3/h7,12H,5-6H2,1-4H3. The number of hydrogen-bond donors (Lipinski definition) is 1. The van der Waals surface area contributed by atoms with Gasteiger partial charge in [-0.15, -0.1) is 0 Å². The van der Waals surface area contributed by atoms with Crippen LogP contribution < -0.4 is 15.6 Å². The SMILES string of the molecule is CNCCN(C)c1c(C(C)C)c(=S)c1=O. The van der Waals surface area contributed by atoms with E-state index in [0.717, 1.165) is 24.3 Å². The Hall–Kier alpha value is -0.740. The highest BCUT2D eigenvalue weighted by Gasteiger charge is 2.22. The van der Waals surface area contributed by atoms with E-state index in [4.69, 9.17) is 12.2 Å². The van der Waals surface area contributed by atoms with Gasteiger partial charge in [0.1, 0.15) is 0 Å². The predicted molar refractivity (Wildman–Crippen MR) is 67.2 cm³/mol. The first-order chi connectivity index (χ1) is 7.00. The highest BCUT2D eigenvalue weighted by Crippen LogP contribution is 2.27. The first-order valence-corrected chi connectivity index (χ1v) is 5.60. The molecule has 1 N–H and O–H groups in total. The summed E-state index contributed by atoms with van der Waals surface area (Å²) in [5.74, 6) is 0.335. The molecule has 0 unspecified atom stereocenters. The Balaban J connectivity index is 2.90. The van der Waals surface area contributed by atoms with E-state index in [1.165, 1.54) is 0 Å². The summed E-state index contributed by atoms with van der Waals surface area (Å²) in [5, 5.41) is 3.06. The average molecular weight is 226 g/mol. The molecule has 0 aliphatic carbocycles. The van der Waals surface area contributed by atoms with Crippen LogP contribution in [0.2, 0.25) is 0 Å². The second kappa shape index (κ2) is 4.86. The van der Waals surface area contributed by atoms with Crippen LogP contribution in [0.5, 0.6) is 0 Å². The summed E-state index contributed by atoms with van der Waals surface area (Å²) in [6, 6.07) is 0. The predicted octanol–water partition coefficient (Wildman–Crippen LogP) is 1.43. The molecule has 1 aromatic rings. The van der Waals surface area contributed by atoms with Crippen LogP contribution in [-0.2, 0) is 0 Å². The third-order valence-electron chi connectivity index (χ3n) is 2.58. The molecule has 0 heterocycles. The van der Waals surface area contributed by atoms with E-state index >= 15 is 0 Å². The minimum absolute atomic E-state index is 0.0345. The van der Waals surface area contributed by atoms with Crippen molar-refractivity contribution in [3.05, 3.63) is 20.3 Å². The van der Waals surface area contributed by atoms with Crippen molar-refractivity contribution in [3.8, 4) is 0 Å². The fraction of sp³-hybridized carbons (Fsp3) is 0.636. The molecule has 0 aliphatic heterocycles. The first-order valence-electron chi connectivity index (χ1n) is 5.19. The van der Waals surface area contributed by atoms with Gasteiger partial charge in [-0.2, -0.15) is 0 Å². The lowest BCUT2D eigenvalue weighted by molar-refractivity contribution is 0.751. The van der Waals surface area contributed by atoms with E-state index in [-0.39, 0.29) is 5.43 Å². The molecular formula is C11H18N2OS. The van der Waals surface area contributed by atoms with Crippen molar-refractivity contribution < 1.29 is 0 Å². The highest BCUT2D eigenvalue weighted by atomic mass is 32.1. The summed E-state index contributed by atoms with van der Waals surface area (Å²) in [6.45, 7) is 5.84. The van der Waals surface area contributed by atoms with Gasteiger partial charge in [-0.1, -0.05) is 26.1 Å². The quantitative estimate of drug-likeness (QED) is 0.770. The second-order valence-corrected chi connectivity index (χ2v) is 4.51. The third kappa shape index (κ3) is 2.26. The van der Waals surface area contributed by atoms with Crippen molar-refractivity contribution in [1.29, 1.82) is 0 Å². The highest BCUT2D eigenvalue weighted by molar-refractivity contribution is 7.71. The fourth-order valence-electron chi connectivity index (χ4n) is 1.70. The van der Waals surface area contributed by atoms with Crippen LogP contribution in [0.15, 0.2) is 4.79 Å². The van der Waals surface area contributed by atoms with Gasteiger partial charge in [-0.25, -0.2) is 0 Å². The summed E-state index contributed by atoms with van der Waals surface area (Å²) in [5.41, 5.74) is 1.89. The molecule has 3 nitrogen and oxygen atoms in total. The molecule has 1 aromatic carbocycles. The van der Waals surface area contributed by atoms with Crippen LogP contribution in [0.25, 0.3) is 0 Å². The molecule has 0 aliphatic rings. The van der Waals surface area contributed by atoms with E-state index < -0.39 is 0 Å². The van der Waals surface area contributed by atoms with Gasteiger partial charge < -0.3 is 10.2 Å². The zero-order valence-electron chi connectivity index (χ0n) is 9.76. The third-order valence-corrected chi connectivity index (χ3v) is 2.98. The summed E-state index contributed by atoms with van der Waals surface area (Å²) in [6.07, 6.45) is 0. The van der Waals surface area contributed by atoms with Gasteiger partial charge in [0.2, 0.25) is 5.43 Å². The minimum Gasteiger partial charge on any atom is -0.370 e. The molecule has 0 aromatic heterocycles. The molecular weight excluding hydrogens is 208 g/mol. The number of nitrogens with one attached hydrogen (secondary N) is 1. The molecule has 0 spiro atoms. The van der Waals surface area contributed by atoms with Crippen molar-refractivity contribution in [3.63, 3.8) is 0 Å². The van der Waals surface area contributed by atoms with Gasteiger partial charge in [0.15, 0.2) is 0 Å². The Morgan fingerprint density at radius 1 is 1.47 bits per heavy atom. The largest absolute Gasteiger partial charge is 0.370 e. The maximum absolute atomic E-state index is 11.6. The van der Waals surface area contributed by atoms with E-state index in [0.29, 0.717) is 10.4 Å². The number of likely N-dealkylation sites (N-methyl/N-ethyl adjacent to an activating group) is 2. The van der Waals surface area contributed by atoms with Gasteiger partial charge in [0.25, 0.3) is 0 Å². The lowest BCUT2D eigenvalue weighted by Gasteiger charge is -2.25. The van der Waals surface area contributed by atoms with Crippen LogP contribution in [0, 0.1) is 4.51 Å². The Morgan fingerprint density at radius 2 is 2.07 bits per heavy atom. The molecule has 0 saturated carbocycles. The second-order valence-electron chi connectivity index (χ2n) is 4.10. The molecule has 0 fully saturated rings. The van der Waals surface area contributed by atoms with E-state index in [1.54, 1.807) is 0 Å². The Morgan fingerprint density at radius 3 is 2.53 bits per heavy atom. The maximum Gasteiger partial charge on any atom is 0.220 e.